The number of halogens is 3. The summed E-state index contributed by atoms with van der Waals surface area (Å²) in [6.45, 7) is 3.01. The van der Waals surface area contributed by atoms with Crippen LogP contribution in [0.3, 0.4) is 0 Å². The van der Waals surface area contributed by atoms with Crippen molar-refractivity contribution < 1.29 is 9.13 Å². The first-order valence-corrected chi connectivity index (χ1v) is 6.31. The quantitative estimate of drug-likeness (QED) is 0.819. The van der Waals surface area contributed by atoms with Gasteiger partial charge in [-0.15, -0.1) is 12.4 Å². The molecule has 0 bridgehead atoms. The highest BCUT2D eigenvalue weighted by Crippen LogP contribution is 2.27. The van der Waals surface area contributed by atoms with Crippen molar-refractivity contribution in [1.29, 1.82) is 0 Å². The van der Waals surface area contributed by atoms with E-state index in [-0.39, 0.29) is 24.3 Å². The maximum Gasteiger partial charge on any atom is 0.138 e. The molecule has 2 nitrogen and oxygen atoms in total. The number of rotatable bonds is 7. The number of hydrogen-bond acceptors (Lipinski definition) is 2. The molecule has 1 N–H and O–H groups in total. The molecule has 0 aromatic heterocycles. The fourth-order valence-corrected chi connectivity index (χ4v) is 1.85. The van der Waals surface area contributed by atoms with Gasteiger partial charge < -0.3 is 10.1 Å². The van der Waals surface area contributed by atoms with Crippen molar-refractivity contribution in [3.05, 3.63) is 29.0 Å². The van der Waals surface area contributed by atoms with Crippen LogP contribution < -0.4 is 10.1 Å². The average Bonchev–Trinajstić information content (AvgIpc) is 2.29. The van der Waals surface area contributed by atoms with E-state index in [1.54, 1.807) is 6.07 Å². The molecule has 0 saturated carbocycles. The Kier molecular flexibility index (Phi) is 9.16. The summed E-state index contributed by atoms with van der Waals surface area (Å²) >= 11 is 5.93. The van der Waals surface area contributed by atoms with E-state index in [0.717, 1.165) is 25.8 Å². The molecule has 5 heteroatoms. The Bertz CT molecular complexity index is 350. The molecule has 0 spiro atoms. The highest BCUT2D eigenvalue weighted by atomic mass is 35.5. The second-order valence-electron chi connectivity index (χ2n) is 4.00. The third-order valence-corrected chi connectivity index (χ3v) is 2.81. The van der Waals surface area contributed by atoms with E-state index in [4.69, 9.17) is 16.3 Å². The highest BCUT2D eigenvalue weighted by molar-refractivity contribution is 6.32. The van der Waals surface area contributed by atoms with E-state index in [0.29, 0.717) is 10.8 Å². The Morgan fingerprint density at radius 2 is 2.11 bits per heavy atom. The molecule has 1 aromatic carbocycles. The van der Waals surface area contributed by atoms with Gasteiger partial charge in [-0.05, 0) is 44.6 Å². The van der Waals surface area contributed by atoms with Crippen molar-refractivity contribution in [3.63, 3.8) is 0 Å². The molecule has 1 atom stereocenters. The fourth-order valence-electron chi connectivity index (χ4n) is 1.64. The minimum atomic E-state index is -0.343. The molecular weight excluding hydrogens is 276 g/mol. The van der Waals surface area contributed by atoms with Crippen LogP contribution in [0.4, 0.5) is 4.39 Å². The van der Waals surface area contributed by atoms with Crippen LogP contribution in [-0.2, 0) is 0 Å². The van der Waals surface area contributed by atoms with Crippen LogP contribution in [0, 0.1) is 5.82 Å². The molecule has 1 rings (SSSR count). The first-order valence-electron chi connectivity index (χ1n) is 5.93. The van der Waals surface area contributed by atoms with Crippen molar-refractivity contribution in [2.45, 2.75) is 32.3 Å². The lowest BCUT2D eigenvalue weighted by atomic mass is 10.1. The number of hydrogen-bond donors (Lipinski definition) is 1. The predicted molar refractivity (Wildman–Crippen MR) is 76.5 cm³/mol. The molecule has 0 aliphatic heterocycles. The monoisotopic (exact) mass is 295 g/mol. The lowest BCUT2D eigenvalue weighted by Gasteiger charge is -2.19. The first-order chi connectivity index (χ1) is 8.17. The molecule has 0 radical (unpaired) electrons. The lowest BCUT2D eigenvalue weighted by molar-refractivity contribution is 0.180. The van der Waals surface area contributed by atoms with E-state index in [1.807, 2.05) is 7.05 Å². The summed E-state index contributed by atoms with van der Waals surface area (Å²) in [4.78, 5) is 0. The van der Waals surface area contributed by atoms with Gasteiger partial charge in [-0.1, -0.05) is 24.9 Å². The lowest BCUT2D eigenvalue weighted by Crippen LogP contribution is -2.22. The van der Waals surface area contributed by atoms with Gasteiger partial charge in [0.25, 0.3) is 0 Å². The normalized spacial score (nSPS) is 11.8. The van der Waals surface area contributed by atoms with Crippen LogP contribution in [0.2, 0.25) is 5.02 Å². The van der Waals surface area contributed by atoms with E-state index in [9.17, 15) is 4.39 Å². The Balaban J connectivity index is 0.00000289. The molecule has 0 aliphatic rings. The van der Waals surface area contributed by atoms with Crippen molar-refractivity contribution in [3.8, 4) is 5.75 Å². The van der Waals surface area contributed by atoms with Gasteiger partial charge in [0, 0.05) is 0 Å². The van der Waals surface area contributed by atoms with Gasteiger partial charge in [-0.25, -0.2) is 4.39 Å². The van der Waals surface area contributed by atoms with Gasteiger partial charge >= 0.3 is 0 Å². The third-order valence-electron chi connectivity index (χ3n) is 2.51. The highest BCUT2D eigenvalue weighted by Gasteiger charge is 2.11. The minimum Gasteiger partial charge on any atom is -0.489 e. The topological polar surface area (TPSA) is 21.3 Å². The van der Waals surface area contributed by atoms with E-state index >= 15 is 0 Å². The number of benzene rings is 1. The van der Waals surface area contributed by atoms with Crippen molar-refractivity contribution in [2.24, 2.45) is 0 Å². The molecule has 0 fully saturated rings. The summed E-state index contributed by atoms with van der Waals surface area (Å²) in [5, 5.41) is 3.42. The maximum absolute atomic E-state index is 12.9. The van der Waals surface area contributed by atoms with Crippen LogP contribution in [0.5, 0.6) is 5.75 Å². The van der Waals surface area contributed by atoms with E-state index in [1.165, 1.54) is 12.1 Å². The zero-order valence-electron chi connectivity index (χ0n) is 10.7. The minimum absolute atomic E-state index is 0. The standard InChI is InChI=1S/C13H19ClFNO.ClH/c1-3-4-11(7-8-16-2)17-13-6-5-10(15)9-12(13)14;/h5-6,9,11,16H,3-4,7-8H2,1-2H3;1H/t11-;/m0./s1. The third kappa shape index (κ3) is 5.89. The van der Waals surface area contributed by atoms with Crippen LogP contribution in [0.1, 0.15) is 26.2 Å². The van der Waals surface area contributed by atoms with Crippen molar-refractivity contribution in [2.75, 3.05) is 13.6 Å². The second-order valence-corrected chi connectivity index (χ2v) is 4.40. The molecule has 0 heterocycles. The summed E-state index contributed by atoms with van der Waals surface area (Å²) in [5.41, 5.74) is 0. The SMILES string of the molecule is CCC[C@@H](CCNC)Oc1ccc(F)cc1Cl.Cl. The zero-order valence-corrected chi connectivity index (χ0v) is 12.3. The molecule has 0 amide bonds. The molecule has 0 unspecified atom stereocenters. The Morgan fingerprint density at radius 3 is 2.67 bits per heavy atom. The van der Waals surface area contributed by atoms with Crippen molar-refractivity contribution >= 4 is 24.0 Å². The number of ether oxygens (including phenoxy) is 1. The van der Waals surface area contributed by atoms with Crippen LogP contribution >= 0.6 is 24.0 Å². The summed E-state index contributed by atoms with van der Waals surface area (Å²) in [6, 6.07) is 4.22. The van der Waals surface area contributed by atoms with Gasteiger partial charge in [0.1, 0.15) is 11.6 Å². The van der Waals surface area contributed by atoms with Crippen LogP contribution in [0.25, 0.3) is 0 Å². The summed E-state index contributed by atoms with van der Waals surface area (Å²) in [7, 11) is 1.91. The fraction of sp³-hybridized carbons (Fsp3) is 0.538. The van der Waals surface area contributed by atoms with Crippen LogP contribution in [0.15, 0.2) is 18.2 Å². The summed E-state index contributed by atoms with van der Waals surface area (Å²) in [5.74, 6) is 0.215. The second kappa shape index (κ2) is 9.42. The first kappa shape index (κ1) is 17.5. The smallest absolute Gasteiger partial charge is 0.138 e. The molecule has 104 valence electrons. The van der Waals surface area contributed by atoms with E-state index < -0.39 is 0 Å². The summed E-state index contributed by atoms with van der Waals surface area (Å²) in [6.07, 6.45) is 3.05. The van der Waals surface area contributed by atoms with Crippen LogP contribution in [-0.4, -0.2) is 19.7 Å². The Morgan fingerprint density at radius 1 is 1.39 bits per heavy atom. The Labute approximate surface area is 119 Å². The molecule has 18 heavy (non-hydrogen) atoms. The molecule has 0 aliphatic carbocycles. The molecule has 0 saturated heterocycles. The zero-order chi connectivity index (χ0) is 12.7. The maximum atomic E-state index is 12.9. The van der Waals surface area contributed by atoms with Gasteiger partial charge in [0.15, 0.2) is 0 Å². The van der Waals surface area contributed by atoms with E-state index in [2.05, 4.69) is 12.2 Å². The molecule has 1 aromatic rings. The van der Waals surface area contributed by atoms with Gasteiger partial charge in [-0.3, -0.25) is 0 Å². The summed E-state index contributed by atoms with van der Waals surface area (Å²) < 4.78 is 18.7. The molecular formula is C13H20Cl2FNO. The van der Waals surface area contributed by atoms with Crippen molar-refractivity contribution in [1.82, 2.24) is 5.32 Å². The van der Waals surface area contributed by atoms with Gasteiger partial charge in [-0.2, -0.15) is 0 Å². The Hall–Kier alpha value is -0.510. The predicted octanol–water partition coefficient (Wildman–Crippen LogP) is 4.06. The number of nitrogens with one attached hydrogen (secondary N) is 1. The average molecular weight is 296 g/mol. The van der Waals surface area contributed by atoms with Gasteiger partial charge in [0.05, 0.1) is 11.1 Å². The van der Waals surface area contributed by atoms with Gasteiger partial charge in [0.2, 0.25) is 0 Å². The largest absolute Gasteiger partial charge is 0.489 e.